The zero-order chi connectivity index (χ0) is 14.3. The number of imide groups is 1. The van der Waals surface area contributed by atoms with Crippen molar-refractivity contribution in [2.75, 3.05) is 4.90 Å². The molecule has 0 bridgehead atoms. The zero-order valence-corrected chi connectivity index (χ0v) is 12.2. The average Bonchev–Trinajstić information content (AvgIpc) is 3.02. The van der Waals surface area contributed by atoms with Crippen LogP contribution in [0.2, 0.25) is 5.02 Å². The van der Waals surface area contributed by atoms with Crippen molar-refractivity contribution in [2.45, 2.75) is 13.0 Å². The summed E-state index contributed by atoms with van der Waals surface area (Å²) < 4.78 is 0. The number of thiophene rings is 1. The number of nitrogens with one attached hydrogen (secondary N) is 1. The van der Waals surface area contributed by atoms with E-state index < -0.39 is 12.1 Å². The van der Waals surface area contributed by atoms with E-state index in [9.17, 15) is 9.59 Å². The molecule has 1 N–H and O–H groups in total. The van der Waals surface area contributed by atoms with Crippen LogP contribution in [0.5, 0.6) is 0 Å². The Morgan fingerprint density at radius 1 is 1.30 bits per heavy atom. The fourth-order valence-corrected chi connectivity index (χ4v) is 2.97. The largest absolute Gasteiger partial charge is 0.329 e. The summed E-state index contributed by atoms with van der Waals surface area (Å²) in [6.45, 7) is 1.87. The zero-order valence-electron chi connectivity index (χ0n) is 10.6. The number of carbonyl (C=O) groups excluding carboxylic acids is 2. The van der Waals surface area contributed by atoms with Crippen LogP contribution in [0.15, 0.2) is 35.0 Å². The number of nitrogens with zero attached hydrogens (tertiary/aromatic N) is 1. The Morgan fingerprint density at radius 3 is 2.75 bits per heavy atom. The van der Waals surface area contributed by atoms with Crippen molar-refractivity contribution in [3.05, 3.63) is 51.2 Å². The molecule has 2 heterocycles. The van der Waals surface area contributed by atoms with Crippen molar-refractivity contribution >= 4 is 40.6 Å². The van der Waals surface area contributed by atoms with Crippen molar-refractivity contribution in [3.8, 4) is 0 Å². The molecule has 1 aromatic carbocycles. The molecule has 4 nitrogen and oxygen atoms in total. The highest BCUT2D eigenvalue weighted by molar-refractivity contribution is 7.08. The second kappa shape index (κ2) is 4.92. The lowest BCUT2D eigenvalue weighted by molar-refractivity contribution is -0.118. The second-order valence-corrected chi connectivity index (χ2v) is 5.73. The predicted molar refractivity (Wildman–Crippen MR) is 79.3 cm³/mol. The van der Waals surface area contributed by atoms with Crippen LogP contribution in [0.25, 0.3) is 0 Å². The van der Waals surface area contributed by atoms with Gasteiger partial charge >= 0.3 is 6.03 Å². The average molecular weight is 307 g/mol. The molecule has 102 valence electrons. The smallest absolute Gasteiger partial charge is 0.321 e. The number of hydrogen-bond acceptors (Lipinski definition) is 3. The van der Waals surface area contributed by atoms with Crippen molar-refractivity contribution in [1.82, 2.24) is 5.32 Å². The molecule has 1 aromatic heterocycles. The van der Waals surface area contributed by atoms with Gasteiger partial charge in [-0.15, -0.1) is 0 Å². The van der Waals surface area contributed by atoms with Gasteiger partial charge in [-0.1, -0.05) is 17.7 Å². The van der Waals surface area contributed by atoms with Gasteiger partial charge in [0.15, 0.2) is 0 Å². The maximum atomic E-state index is 12.4. The monoisotopic (exact) mass is 306 g/mol. The van der Waals surface area contributed by atoms with Gasteiger partial charge in [-0.3, -0.25) is 4.79 Å². The molecule has 1 aliphatic heterocycles. The molecule has 0 unspecified atom stereocenters. The SMILES string of the molecule is Cc1ccc(N2C(=O)N[C@@H](c3ccsc3)C2=O)cc1Cl. The molecule has 1 aliphatic rings. The Bertz CT molecular complexity index is 684. The molecule has 0 aliphatic carbocycles. The molecule has 2 aromatic rings. The van der Waals surface area contributed by atoms with E-state index in [-0.39, 0.29) is 5.91 Å². The molecular weight excluding hydrogens is 296 g/mol. The molecular formula is C14H11ClN2O2S. The highest BCUT2D eigenvalue weighted by atomic mass is 35.5. The van der Waals surface area contributed by atoms with Gasteiger partial charge < -0.3 is 5.32 Å². The van der Waals surface area contributed by atoms with Gasteiger partial charge in [-0.25, -0.2) is 9.69 Å². The summed E-state index contributed by atoms with van der Waals surface area (Å²) >= 11 is 7.54. The van der Waals surface area contributed by atoms with Gasteiger partial charge in [0.1, 0.15) is 6.04 Å². The van der Waals surface area contributed by atoms with Crippen LogP contribution in [0.4, 0.5) is 10.5 Å². The van der Waals surface area contributed by atoms with E-state index in [1.807, 2.05) is 23.8 Å². The summed E-state index contributed by atoms with van der Waals surface area (Å²) in [7, 11) is 0. The number of hydrogen-bond donors (Lipinski definition) is 1. The Labute approximate surface area is 125 Å². The Kier molecular flexibility index (Phi) is 3.23. The quantitative estimate of drug-likeness (QED) is 0.863. The lowest BCUT2D eigenvalue weighted by Gasteiger charge is -2.13. The third kappa shape index (κ3) is 2.09. The molecule has 3 amide bonds. The molecule has 0 radical (unpaired) electrons. The number of urea groups is 1. The second-order valence-electron chi connectivity index (χ2n) is 4.55. The first-order valence-corrected chi connectivity index (χ1v) is 7.32. The first kappa shape index (κ1) is 13.1. The van der Waals surface area contributed by atoms with Gasteiger partial charge in [-0.2, -0.15) is 11.3 Å². The van der Waals surface area contributed by atoms with Gasteiger partial charge in [0.05, 0.1) is 5.69 Å². The Balaban J connectivity index is 1.96. The highest BCUT2D eigenvalue weighted by Crippen LogP contribution is 2.30. The van der Waals surface area contributed by atoms with E-state index in [4.69, 9.17) is 11.6 Å². The molecule has 1 fully saturated rings. The number of benzene rings is 1. The molecule has 1 atom stereocenters. The normalized spacial score (nSPS) is 18.5. The highest BCUT2D eigenvalue weighted by Gasteiger charge is 2.40. The summed E-state index contributed by atoms with van der Waals surface area (Å²) in [5.74, 6) is -0.284. The van der Waals surface area contributed by atoms with E-state index in [0.29, 0.717) is 10.7 Å². The van der Waals surface area contributed by atoms with Crippen LogP contribution in [0.1, 0.15) is 17.2 Å². The molecule has 1 saturated heterocycles. The Morgan fingerprint density at radius 2 is 2.10 bits per heavy atom. The summed E-state index contributed by atoms with van der Waals surface area (Å²) in [5, 5.41) is 6.95. The van der Waals surface area contributed by atoms with E-state index in [1.165, 1.54) is 11.3 Å². The van der Waals surface area contributed by atoms with Gasteiger partial charge in [0.25, 0.3) is 5.91 Å². The summed E-state index contributed by atoms with van der Waals surface area (Å²) in [6.07, 6.45) is 0. The predicted octanol–water partition coefficient (Wildman–Crippen LogP) is 3.51. The number of carbonyl (C=O) groups is 2. The van der Waals surface area contributed by atoms with E-state index >= 15 is 0 Å². The lowest BCUT2D eigenvalue weighted by Crippen LogP contribution is -2.30. The van der Waals surface area contributed by atoms with Gasteiger partial charge in [0.2, 0.25) is 0 Å². The standard InChI is InChI=1S/C14H11ClN2O2S/c1-8-2-3-10(6-11(8)15)17-13(18)12(16-14(17)19)9-4-5-20-7-9/h2-7,12H,1H3,(H,16,19)/t12-/m0/s1. The summed E-state index contributed by atoms with van der Waals surface area (Å²) in [6, 6.07) is 5.92. The van der Waals surface area contributed by atoms with E-state index in [2.05, 4.69) is 5.32 Å². The van der Waals surface area contributed by atoms with Crippen LogP contribution in [-0.2, 0) is 4.79 Å². The van der Waals surface area contributed by atoms with Crippen LogP contribution in [0, 0.1) is 6.92 Å². The van der Waals surface area contributed by atoms with Crippen molar-refractivity contribution in [3.63, 3.8) is 0 Å². The number of halogens is 1. The summed E-state index contributed by atoms with van der Waals surface area (Å²) in [5.41, 5.74) is 2.19. The number of aryl methyl sites for hydroxylation is 1. The first-order valence-electron chi connectivity index (χ1n) is 6.00. The van der Waals surface area contributed by atoms with Gasteiger partial charge in [0, 0.05) is 5.02 Å². The fraction of sp³-hybridized carbons (Fsp3) is 0.143. The van der Waals surface area contributed by atoms with Crippen LogP contribution >= 0.6 is 22.9 Å². The topological polar surface area (TPSA) is 49.4 Å². The molecule has 0 spiro atoms. The lowest BCUT2D eigenvalue weighted by atomic mass is 10.1. The minimum absolute atomic E-state index is 0.284. The maximum Gasteiger partial charge on any atom is 0.329 e. The maximum absolute atomic E-state index is 12.4. The van der Waals surface area contributed by atoms with Crippen LogP contribution < -0.4 is 10.2 Å². The number of anilines is 1. The van der Waals surface area contributed by atoms with Crippen LogP contribution in [-0.4, -0.2) is 11.9 Å². The third-order valence-corrected chi connectivity index (χ3v) is 4.34. The van der Waals surface area contributed by atoms with Crippen molar-refractivity contribution < 1.29 is 9.59 Å². The molecule has 20 heavy (non-hydrogen) atoms. The van der Waals surface area contributed by atoms with Crippen LogP contribution in [0.3, 0.4) is 0 Å². The third-order valence-electron chi connectivity index (χ3n) is 3.23. The fourth-order valence-electron chi connectivity index (χ4n) is 2.11. The minimum Gasteiger partial charge on any atom is -0.321 e. The molecule has 0 saturated carbocycles. The number of rotatable bonds is 2. The molecule has 3 rings (SSSR count). The minimum atomic E-state index is -0.617. The summed E-state index contributed by atoms with van der Waals surface area (Å²) in [4.78, 5) is 25.6. The van der Waals surface area contributed by atoms with E-state index in [0.717, 1.165) is 16.0 Å². The van der Waals surface area contributed by atoms with Crippen molar-refractivity contribution in [1.29, 1.82) is 0 Å². The van der Waals surface area contributed by atoms with Crippen molar-refractivity contribution in [2.24, 2.45) is 0 Å². The van der Waals surface area contributed by atoms with Gasteiger partial charge in [-0.05, 0) is 47.0 Å². The molecule has 6 heteroatoms. The first-order chi connectivity index (χ1) is 9.58. The Hall–Kier alpha value is -1.85. The van der Waals surface area contributed by atoms with E-state index in [1.54, 1.807) is 18.2 Å². The number of amides is 3.